The van der Waals surface area contributed by atoms with Crippen molar-refractivity contribution in [3.8, 4) is 0 Å². The van der Waals surface area contributed by atoms with E-state index in [9.17, 15) is 0 Å². The first-order valence-electron chi connectivity index (χ1n) is 7.42. The molecule has 0 spiro atoms. The summed E-state index contributed by atoms with van der Waals surface area (Å²) in [5, 5.41) is 5.19. The average molecular weight is 299 g/mol. The Morgan fingerprint density at radius 1 is 1.36 bits per heavy atom. The Morgan fingerprint density at radius 2 is 2.27 bits per heavy atom. The summed E-state index contributed by atoms with van der Waals surface area (Å²) in [6.07, 6.45) is 4.09. The summed E-state index contributed by atoms with van der Waals surface area (Å²) in [6, 6.07) is 9.86. The lowest BCUT2D eigenvalue weighted by Crippen LogP contribution is -2.33. The molecule has 0 amide bonds. The topological polar surface area (TPSA) is 62.3 Å². The molecule has 22 heavy (non-hydrogen) atoms. The highest BCUT2D eigenvalue weighted by molar-refractivity contribution is 5.77. The molecule has 1 aliphatic heterocycles. The zero-order valence-electron chi connectivity index (χ0n) is 12.3. The summed E-state index contributed by atoms with van der Waals surface area (Å²) >= 11 is 0. The normalized spacial score (nSPS) is 25.0. The zero-order chi connectivity index (χ0) is 15.0. The first-order valence-corrected chi connectivity index (χ1v) is 7.42. The Labute approximate surface area is 127 Å². The maximum absolute atomic E-state index is 6.18. The first kappa shape index (κ1) is 13.5. The third-order valence-corrected chi connectivity index (χ3v) is 3.95. The van der Waals surface area contributed by atoms with Crippen LogP contribution in [0, 0.1) is 0 Å². The number of hydrogen-bond acceptors (Lipinski definition) is 5. The number of rotatable bonds is 4. The highest BCUT2D eigenvalue weighted by atomic mass is 16.8. The molecular formula is C16H17N3O3. The molecule has 0 radical (unpaired) electrons. The summed E-state index contributed by atoms with van der Waals surface area (Å²) in [5.41, 5.74) is 0.822. The van der Waals surface area contributed by atoms with Crippen LogP contribution < -0.4 is 0 Å². The third kappa shape index (κ3) is 2.20. The van der Waals surface area contributed by atoms with E-state index in [0.29, 0.717) is 18.9 Å². The zero-order valence-corrected chi connectivity index (χ0v) is 12.3. The van der Waals surface area contributed by atoms with Crippen LogP contribution in [0.25, 0.3) is 11.0 Å². The van der Waals surface area contributed by atoms with Crippen LogP contribution in [-0.4, -0.2) is 27.5 Å². The third-order valence-electron chi connectivity index (χ3n) is 3.95. The molecule has 0 N–H and O–H groups in total. The minimum absolute atomic E-state index is 0.0525. The number of benzene rings is 1. The van der Waals surface area contributed by atoms with Gasteiger partial charge in [0.2, 0.25) is 5.79 Å². The van der Waals surface area contributed by atoms with Gasteiger partial charge in [-0.25, -0.2) is 9.67 Å². The molecule has 2 atom stereocenters. The van der Waals surface area contributed by atoms with Crippen molar-refractivity contribution in [1.82, 2.24) is 14.8 Å². The van der Waals surface area contributed by atoms with Crippen molar-refractivity contribution in [2.24, 2.45) is 0 Å². The van der Waals surface area contributed by atoms with Gasteiger partial charge in [0.25, 0.3) is 0 Å². The average Bonchev–Trinajstić information content (AvgIpc) is 3.26. The van der Waals surface area contributed by atoms with Gasteiger partial charge in [0.1, 0.15) is 24.8 Å². The summed E-state index contributed by atoms with van der Waals surface area (Å²) < 4.78 is 19.9. The van der Waals surface area contributed by atoms with E-state index in [2.05, 4.69) is 17.0 Å². The van der Waals surface area contributed by atoms with Gasteiger partial charge >= 0.3 is 0 Å². The van der Waals surface area contributed by atoms with Crippen LogP contribution in [0.1, 0.15) is 19.1 Å². The molecule has 2 aromatic heterocycles. The Morgan fingerprint density at radius 3 is 3.00 bits per heavy atom. The van der Waals surface area contributed by atoms with E-state index in [1.54, 1.807) is 11.0 Å². The molecule has 3 heterocycles. The van der Waals surface area contributed by atoms with Crippen LogP contribution in [0.15, 0.2) is 47.4 Å². The second-order valence-corrected chi connectivity index (χ2v) is 5.45. The second kappa shape index (κ2) is 5.23. The van der Waals surface area contributed by atoms with Gasteiger partial charge in [0.05, 0.1) is 12.7 Å². The number of ether oxygens (including phenoxy) is 2. The standard InChI is InChI=1S/C16H17N3O3/c1-2-13-8-20-16(22-13,9-19-11-17-10-18-19)15-7-12-5-3-4-6-14(12)21-15/h3-7,10-11,13H,2,8-9H2,1H3. The predicted molar refractivity (Wildman–Crippen MR) is 79.0 cm³/mol. The largest absolute Gasteiger partial charge is 0.455 e. The van der Waals surface area contributed by atoms with Gasteiger partial charge in [-0.15, -0.1) is 0 Å². The van der Waals surface area contributed by atoms with Crippen LogP contribution >= 0.6 is 0 Å². The van der Waals surface area contributed by atoms with Crippen LogP contribution in [0.3, 0.4) is 0 Å². The van der Waals surface area contributed by atoms with E-state index in [0.717, 1.165) is 17.4 Å². The molecule has 1 aromatic carbocycles. The van der Waals surface area contributed by atoms with Gasteiger partial charge in [-0.3, -0.25) is 0 Å². The highest BCUT2D eigenvalue weighted by Crippen LogP contribution is 2.39. The molecule has 0 bridgehead atoms. The molecule has 114 valence electrons. The SMILES string of the molecule is CCC1COC(Cn2cncn2)(c2cc3ccccc3o2)O1. The molecule has 1 aliphatic rings. The van der Waals surface area contributed by atoms with E-state index < -0.39 is 5.79 Å². The van der Waals surface area contributed by atoms with Crippen LogP contribution in [0.5, 0.6) is 0 Å². The van der Waals surface area contributed by atoms with Crippen molar-refractivity contribution in [3.63, 3.8) is 0 Å². The van der Waals surface area contributed by atoms with Crippen molar-refractivity contribution < 1.29 is 13.9 Å². The van der Waals surface area contributed by atoms with Gasteiger partial charge < -0.3 is 13.9 Å². The molecule has 2 unspecified atom stereocenters. The lowest BCUT2D eigenvalue weighted by Gasteiger charge is -2.25. The molecule has 1 fully saturated rings. The van der Waals surface area contributed by atoms with Gasteiger partial charge in [-0.1, -0.05) is 25.1 Å². The van der Waals surface area contributed by atoms with E-state index in [-0.39, 0.29) is 6.10 Å². The Balaban J connectivity index is 1.76. The fourth-order valence-corrected chi connectivity index (χ4v) is 2.75. The van der Waals surface area contributed by atoms with Crippen molar-refractivity contribution in [2.45, 2.75) is 31.8 Å². The van der Waals surface area contributed by atoms with Gasteiger partial charge in [0, 0.05) is 5.39 Å². The van der Waals surface area contributed by atoms with E-state index in [1.165, 1.54) is 6.33 Å². The van der Waals surface area contributed by atoms with Crippen LogP contribution in [-0.2, 0) is 21.8 Å². The molecule has 6 nitrogen and oxygen atoms in total. The lowest BCUT2D eigenvalue weighted by atomic mass is 10.2. The molecule has 4 rings (SSSR count). The van der Waals surface area contributed by atoms with Gasteiger partial charge in [-0.2, -0.15) is 5.10 Å². The molecule has 3 aromatic rings. The summed E-state index contributed by atoms with van der Waals surface area (Å²) in [6.45, 7) is 3.03. The van der Waals surface area contributed by atoms with Gasteiger partial charge in [-0.05, 0) is 18.6 Å². The quantitative estimate of drug-likeness (QED) is 0.741. The number of furan rings is 1. The highest BCUT2D eigenvalue weighted by Gasteiger charge is 2.46. The smallest absolute Gasteiger partial charge is 0.249 e. The molecule has 0 saturated carbocycles. The van der Waals surface area contributed by atoms with Crippen molar-refractivity contribution >= 4 is 11.0 Å². The molecular weight excluding hydrogens is 282 g/mol. The Hall–Kier alpha value is -2.18. The van der Waals surface area contributed by atoms with Gasteiger partial charge in [0.15, 0.2) is 5.76 Å². The molecule has 6 heteroatoms. The number of para-hydroxylation sites is 1. The number of aromatic nitrogens is 3. The second-order valence-electron chi connectivity index (χ2n) is 5.45. The first-order chi connectivity index (χ1) is 10.8. The minimum Gasteiger partial charge on any atom is -0.455 e. The summed E-state index contributed by atoms with van der Waals surface area (Å²) in [4.78, 5) is 3.98. The molecule has 0 aliphatic carbocycles. The van der Waals surface area contributed by atoms with Crippen LogP contribution in [0.4, 0.5) is 0 Å². The summed E-state index contributed by atoms with van der Waals surface area (Å²) in [7, 11) is 0. The number of nitrogens with zero attached hydrogens (tertiary/aromatic N) is 3. The van der Waals surface area contributed by atoms with Crippen molar-refractivity contribution in [2.75, 3.05) is 6.61 Å². The molecule has 1 saturated heterocycles. The lowest BCUT2D eigenvalue weighted by molar-refractivity contribution is -0.199. The maximum Gasteiger partial charge on any atom is 0.249 e. The summed E-state index contributed by atoms with van der Waals surface area (Å²) in [5.74, 6) is -0.284. The van der Waals surface area contributed by atoms with E-state index in [1.807, 2.05) is 30.3 Å². The Bertz CT molecular complexity index is 735. The fraction of sp³-hybridized carbons (Fsp3) is 0.375. The number of fused-ring (bicyclic) bond motifs is 1. The Kier molecular flexibility index (Phi) is 3.20. The monoisotopic (exact) mass is 299 g/mol. The minimum atomic E-state index is -0.951. The fourth-order valence-electron chi connectivity index (χ4n) is 2.75. The number of hydrogen-bond donors (Lipinski definition) is 0. The van der Waals surface area contributed by atoms with E-state index in [4.69, 9.17) is 13.9 Å². The maximum atomic E-state index is 6.18. The van der Waals surface area contributed by atoms with E-state index >= 15 is 0 Å². The van der Waals surface area contributed by atoms with Crippen LogP contribution in [0.2, 0.25) is 0 Å². The van der Waals surface area contributed by atoms with Crippen molar-refractivity contribution in [3.05, 3.63) is 48.7 Å². The predicted octanol–water partition coefficient (Wildman–Crippen LogP) is 2.70. The van der Waals surface area contributed by atoms with Crippen molar-refractivity contribution in [1.29, 1.82) is 0 Å².